The number of ether oxygens (including phenoxy) is 1. The first kappa shape index (κ1) is 19.4. The Bertz CT molecular complexity index is 707. The molecule has 138 valence electrons. The molecule has 0 radical (unpaired) electrons. The van der Waals surface area contributed by atoms with Crippen LogP contribution in [-0.4, -0.2) is 56.5 Å². The fraction of sp³-hybridized carbons (Fsp3) is 0.529. The molecule has 0 aromatic heterocycles. The molecule has 6 nitrogen and oxygen atoms in total. The number of nitrogens with zero attached hydrogens (tertiary/aromatic N) is 1. The van der Waals surface area contributed by atoms with Gasteiger partial charge in [-0.3, -0.25) is 4.79 Å². The highest BCUT2D eigenvalue weighted by Gasteiger charge is 2.37. The van der Waals surface area contributed by atoms with Gasteiger partial charge in [0.2, 0.25) is 0 Å². The van der Waals surface area contributed by atoms with Gasteiger partial charge in [-0.25, -0.2) is 17.6 Å². The van der Waals surface area contributed by atoms with Crippen molar-refractivity contribution in [1.82, 2.24) is 4.90 Å². The summed E-state index contributed by atoms with van der Waals surface area (Å²) >= 11 is 0. The van der Waals surface area contributed by atoms with Gasteiger partial charge in [-0.2, -0.15) is 0 Å². The van der Waals surface area contributed by atoms with Crippen LogP contribution in [0.4, 0.5) is 9.18 Å². The molecule has 1 aliphatic rings. The van der Waals surface area contributed by atoms with Gasteiger partial charge in [0.05, 0.1) is 12.3 Å². The van der Waals surface area contributed by atoms with Crippen molar-refractivity contribution in [1.29, 1.82) is 0 Å². The van der Waals surface area contributed by atoms with E-state index in [1.165, 1.54) is 4.90 Å². The zero-order valence-corrected chi connectivity index (χ0v) is 14.9. The van der Waals surface area contributed by atoms with Crippen molar-refractivity contribution in [2.75, 3.05) is 25.1 Å². The minimum absolute atomic E-state index is 0.0703. The summed E-state index contributed by atoms with van der Waals surface area (Å²) in [7, 11) is -3.22. The summed E-state index contributed by atoms with van der Waals surface area (Å²) in [6, 6.07) is 9.14. The number of alkyl halides is 1. The summed E-state index contributed by atoms with van der Waals surface area (Å²) in [6.45, 7) is 0.0854. The molecule has 0 N–H and O–H groups in total. The average Bonchev–Trinajstić information content (AvgIpc) is 2.92. The number of ketones is 1. The van der Waals surface area contributed by atoms with Crippen LogP contribution in [0.15, 0.2) is 30.3 Å². The molecule has 1 amide bonds. The number of hydrogen-bond acceptors (Lipinski definition) is 5. The molecule has 1 aromatic carbocycles. The van der Waals surface area contributed by atoms with Gasteiger partial charge in [0, 0.05) is 31.6 Å². The standard InChI is InChI=1S/C17H22FNO5S/c1-25(22,23)8-7-15(20)9-14-10-19(11-16(14)18)17(21)24-12-13-5-3-2-4-6-13/h2-6,14,16H,7-12H2,1H3/t14-,16-/m1/s1. The van der Waals surface area contributed by atoms with Gasteiger partial charge >= 0.3 is 6.09 Å². The lowest BCUT2D eigenvalue weighted by Crippen LogP contribution is -2.29. The molecule has 2 rings (SSSR count). The van der Waals surface area contributed by atoms with Crippen LogP contribution in [0, 0.1) is 5.92 Å². The number of halogens is 1. The highest BCUT2D eigenvalue weighted by Crippen LogP contribution is 2.24. The highest BCUT2D eigenvalue weighted by molar-refractivity contribution is 7.90. The third-order valence-corrected chi connectivity index (χ3v) is 5.01. The third kappa shape index (κ3) is 6.45. The van der Waals surface area contributed by atoms with E-state index in [1.54, 1.807) is 0 Å². The van der Waals surface area contributed by atoms with E-state index in [4.69, 9.17) is 4.74 Å². The quantitative estimate of drug-likeness (QED) is 0.732. The summed E-state index contributed by atoms with van der Waals surface area (Å²) in [5.41, 5.74) is 0.833. The van der Waals surface area contributed by atoms with E-state index in [0.29, 0.717) is 0 Å². The molecule has 0 saturated carbocycles. The lowest BCUT2D eigenvalue weighted by molar-refractivity contribution is -0.119. The first-order valence-corrected chi connectivity index (χ1v) is 10.1. The Labute approximate surface area is 146 Å². The molecule has 2 atom stereocenters. The van der Waals surface area contributed by atoms with Crippen molar-refractivity contribution in [3.05, 3.63) is 35.9 Å². The number of amides is 1. The molecule has 1 aliphatic heterocycles. The Hall–Kier alpha value is -1.96. The fourth-order valence-corrected chi connectivity index (χ4v) is 3.28. The smallest absolute Gasteiger partial charge is 0.410 e. The molecule has 0 bridgehead atoms. The topological polar surface area (TPSA) is 80.8 Å². The van der Waals surface area contributed by atoms with Gasteiger partial charge in [-0.15, -0.1) is 0 Å². The maximum Gasteiger partial charge on any atom is 0.410 e. The molecule has 1 fully saturated rings. The number of rotatable bonds is 7. The summed E-state index contributed by atoms with van der Waals surface area (Å²) in [4.78, 5) is 25.1. The van der Waals surface area contributed by atoms with Crippen LogP contribution in [0.2, 0.25) is 0 Å². The van der Waals surface area contributed by atoms with Crippen LogP contribution in [0.3, 0.4) is 0 Å². The van der Waals surface area contributed by atoms with Crippen molar-refractivity contribution < 1.29 is 27.1 Å². The minimum Gasteiger partial charge on any atom is -0.445 e. The van der Waals surface area contributed by atoms with Crippen LogP contribution >= 0.6 is 0 Å². The van der Waals surface area contributed by atoms with Gasteiger partial charge < -0.3 is 9.64 Å². The van der Waals surface area contributed by atoms with Crippen LogP contribution in [0.5, 0.6) is 0 Å². The number of likely N-dealkylation sites (tertiary alicyclic amines) is 1. The normalized spacial score (nSPS) is 20.5. The number of benzene rings is 1. The molecule has 1 aromatic rings. The maximum atomic E-state index is 14.1. The van der Waals surface area contributed by atoms with Gasteiger partial charge in [-0.1, -0.05) is 30.3 Å². The van der Waals surface area contributed by atoms with E-state index in [-0.39, 0.29) is 44.1 Å². The molecule has 0 aliphatic carbocycles. The van der Waals surface area contributed by atoms with Crippen LogP contribution in [0.1, 0.15) is 18.4 Å². The Kier molecular flexibility index (Phi) is 6.52. The second-order valence-corrected chi connectivity index (χ2v) is 8.60. The Morgan fingerprint density at radius 1 is 1.24 bits per heavy atom. The number of sulfone groups is 1. The van der Waals surface area contributed by atoms with E-state index in [2.05, 4.69) is 0 Å². The van der Waals surface area contributed by atoms with Crippen molar-refractivity contribution in [3.63, 3.8) is 0 Å². The third-order valence-electron chi connectivity index (χ3n) is 4.07. The average molecular weight is 371 g/mol. The van der Waals surface area contributed by atoms with Gasteiger partial charge in [0.15, 0.2) is 0 Å². The monoisotopic (exact) mass is 371 g/mol. The molecular weight excluding hydrogens is 349 g/mol. The Balaban J connectivity index is 1.79. The first-order valence-electron chi connectivity index (χ1n) is 8.04. The zero-order valence-electron chi connectivity index (χ0n) is 14.1. The molecule has 0 unspecified atom stereocenters. The maximum absolute atomic E-state index is 14.1. The number of hydrogen-bond donors (Lipinski definition) is 0. The van der Waals surface area contributed by atoms with Gasteiger partial charge in [0.1, 0.15) is 28.4 Å². The summed E-state index contributed by atoms with van der Waals surface area (Å²) in [5.74, 6) is -1.16. The molecule has 1 heterocycles. The Morgan fingerprint density at radius 2 is 1.92 bits per heavy atom. The summed E-state index contributed by atoms with van der Waals surface area (Å²) < 4.78 is 41.4. The van der Waals surface area contributed by atoms with Gasteiger partial charge in [0.25, 0.3) is 0 Å². The van der Waals surface area contributed by atoms with Crippen molar-refractivity contribution in [2.24, 2.45) is 5.92 Å². The fourth-order valence-electron chi connectivity index (χ4n) is 2.68. The van der Waals surface area contributed by atoms with Crippen LogP contribution in [0.25, 0.3) is 0 Å². The molecule has 8 heteroatoms. The predicted octanol–water partition coefficient (Wildman–Crippen LogP) is 1.99. The van der Waals surface area contributed by atoms with Crippen LogP contribution in [-0.2, 0) is 26.0 Å². The number of carbonyl (C=O) groups is 2. The van der Waals surface area contributed by atoms with Crippen molar-refractivity contribution in [3.8, 4) is 0 Å². The van der Waals surface area contributed by atoms with Gasteiger partial charge in [-0.05, 0) is 5.56 Å². The van der Waals surface area contributed by atoms with Crippen LogP contribution < -0.4 is 0 Å². The molecule has 0 spiro atoms. The van der Waals surface area contributed by atoms with E-state index in [9.17, 15) is 22.4 Å². The van der Waals surface area contributed by atoms with E-state index < -0.39 is 28.0 Å². The number of carbonyl (C=O) groups excluding carboxylic acids is 2. The second-order valence-electron chi connectivity index (χ2n) is 6.34. The van der Waals surface area contributed by atoms with E-state index in [0.717, 1.165) is 11.8 Å². The second kappa shape index (κ2) is 8.42. The molecular formula is C17H22FNO5S. The Morgan fingerprint density at radius 3 is 2.56 bits per heavy atom. The summed E-state index contributed by atoms with van der Waals surface area (Å²) in [6.07, 6.45) is -1.07. The summed E-state index contributed by atoms with van der Waals surface area (Å²) in [5, 5.41) is 0. The SMILES string of the molecule is CS(=O)(=O)CCC(=O)C[C@@H]1CN(C(=O)OCc2ccccc2)C[C@H]1F. The lowest BCUT2D eigenvalue weighted by atomic mass is 9.99. The van der Waals surface area contributed by atoms with E-state index in [1.807, 2.05) is 30.3 Å². The largest absolute Gasteiger partial charge is 0.445 e. The molecule has 1 saturated heterocycles. The minimum atomic E-state index is -3.22. The predicted molar refractivity (Wildman–Crippen MR) is 90.5 cm³/mol. The van der Waals surface area contributed by atoms with E-state index >= 15 is 0 Å². The van der Waals surface area contributed by atoms with Crippen molar-refractivity contribution >= 4 is 21.7 Å². The first-order chi connectivity index (χ1) is 11.7. The highest BCUT2D eigenvalue weighted by atomic mass is 32.2. The zero-order chi connectivity index (χ0) is 18.4. The molecule has 25 heavy (non-hydrogen) atoms. The lowest BCUT2D eigenvalue weighted by Gasteiger charge is -2.15. The van der Waals surface area contributed by atoms with Crippen molar-refractivity contribution in [2.45, 2.75) is 25.6 Å². The number of Topliss-reactive ketones (excluding diaryl/α,β-unsaturated/α-hetero) is 1.